The van der Waals surface area contributed by atoms with Crippen LogP contribution in [0.2, 0.25) is 4.34 Å². The van der Waals surface area contributed by atoms with Gasteiger partial charge in [-0.25, -0.2) is 0 Å². The van der Waals surface area contributed by atoms with Crippen LogP contribution >= 0.6 is 22.9 Å². The molecule has 0 aliphatic heterocycles. The molecule has 1 aromatic heterocycles. The van der Waals surface area contributed by atoms with Crippen LogP contribution in [0.1, 0.15) is 16.5 Å². The quantitative estimate of drug-likeness (QED) is 0.905. The van der Waals surface area contributed by atoms with Crippen molar-refractivity contribution < 1.29 is 4.79 Å². The molecule has 0 unspecified atom stereocenters. The molecule has 5 heteroatoms. The van der Waals surface area contributed by atoms with Crippen LogP contribution in [0.5, 0.6) is 0 Å². The second kappa shape index (κ2) is 6.00. The molecule has 1 heterocycles. The molecule has 2 rings (SSSR count). The number of nitrogens with two attached hydrogens (primary N) is 1. The maximum atomic E-state index is 11.9. The number of hydrogen-bond acceptors (Lipinski definition) is 3. The van der Waals surface area contributed by atoms with E-state index in [-0.39, 0.29) is 5.91 Å². The van der Waals surface area contributed by atoms with Crippen LogP contribution in [0.15, 0.2) is 42.5 Å². The second-order valence-electron chi connectivity index (χ2n) is 3.81. The maximum absolute atomic E-state index is 11.9. The van der Waals surface area contributed by atoms with Gasteiger partial charge in [-0.2, -0.15) is 0 Å². The molecule has 1 aromatic carbocycles. The lowest BCUT2D eigenvalue weighted by Crippen LogP contribution is -2.33. The summed E-state index contributed by atoms with van der Waals surface area (Å²) in [6.45, 7) is 0.455. The van der Waals surface area contributed by atoms with Crippen molar-refractivity contribution in [3.8, 4) is 0 Å². The van der Waals surface area contributed by atoms with E-state index in [1.807, 2.05) is 42.5 Å². The average Bonchev–Trinajstić information content (AvgIpc) is 2.82. The van der Waals surface area contributed by atoms with Crippen LogP contribution in [-0.4, -0.2) is 5.91 Å². The van der Waals surface area contributed by atoms with E-state index >= 15 is 0 Å². The number of thiophene rings is 1. The van der Waals surface area contributed by atoms with E-state index in [1.54, 1.807) is 0 Å². The molecule has 94 valence electrons. The minimum absolute atomic E-state index is 0.189. The van der Waals surface area contributed by atoms with Crippen LogP contribution in [0, 0.1) is 0 Å². The van der Waals surface area contributed by atoms with Crippen molar-refractivity contribution in [2.45, 2.75) is 12.6 Å². The third-order valence-corrected chi connectivity index (χ3v) is 3.74. The predicted octanol–water partition coefficient (Wildman–Crippen LogP) is 2.72. The zero-order valence-corrected chi connectivity index (χ0v) is 11.2. The van der Waals surface area contributed by atoms with Crippen molar-refractivity contribution in [2.75, 3.05) is 0 Å². The van der Waals surface area contributed by atoms with Crippen molar-refractivity contribution in [3.63, 3.8) is 0 Å². The van der Waals surface area contributed by atoms with Crippen LogP contribution in [0.4, 0.5) is 0 Å². The van der Waals surface area contributed by atoms with E-state index in [1.165, 1.54) is 11.3 Å². The first-order chi connectivity index (χ1) is 8.66. The Morgan fingerprint density at radius 1 is 1.28 bits per heavy atom. The molecule has 0 saturated heterocycles. The van der Waals surface area contributed by atoms with Gasteiger partial charge in [0.25, 0.3) is 0 Å². The fourth-order valence-electron chi connectivity index (χ4n) is 1.54. The fraction of sp³-hybridized carbons (Fsp3) is 0.154. The Kier molecular flexibility index (Phi) is 4.36. The Balaban J connectivity index is 1.92. The molecule has 0 radical (unpaired) electrons. The molecule has 3 nitrogen and oxygen atoms in total. The highest BCUT2D eigenvalue weighted by Crippen LogP contribution is 2.21. The Morgan fingerprint density at radius 2 is 2.00 bits per heavy atom. The smallest absolute Gasteiger partial charge is 0.241 e. The molecule has 1 amide bonds. The Labute approximate surface area is 115 Å². The lowest BCUT2D eigenvalue weighted by atomic mass is 10.1. The summed E-state index contributed by atoms with van der Waals surface area (Å²) in [7, 11) is 0. The molecular weight excluding hydrogens is 268 g/mol. The third-order valence-electron chi connectivity index (χ3n) is 2.51. The zero-order valence-electron chi connectivity index (χ0n) is 9.60. The largest absolute Gasteiger partial charge is 0.350 e. The van der Waals surface area contributed by atoms with Gasteiger partial charge in [0.2, 0.25) is 5.91 Å². The molecule has 18 heavy (non-hydrogen) atoms. The number of nitrogens with one attached hydrogen (secondary N) is 1. The first-order valence-corrected chi connectivity index (χ1v) is 6.68. The highest BCUT2D eigenvalue weighted by Gasteiger charge is 2.14. The standard InChI is InChI=1S/C13H13ClN2OS/c14-11-7-6-10(18-11)8-16-13(17)12(15)9-4-2-1-3-5-9/h1-7,12H,8,15H2,(H,16,17)/t12-/m1/s1. The summed E-state index contributed by atoms with van der Waals surface area (Å²) in [5, 5.41) is 2.80. The zero-order chi connectivity index (χ0) is 13.0. The molecule has 0 aliphatic carbocycles. The SMILES string of the molecule is N[C@@H](C(=O)NCc1ccc(Cl)s1)c1ccccc1. The number of benzene rings is 1. The van der Waals surface area contributed by atoms with Crippen LogP contribution in [0.25, 0.3) is 0 Å². The van der Waals surface area contributed by atoms with Gasteiger partial charge in [0.15, 0.2) is 0 Å². The van der Waals surface area contributed by atoms with E-state index in [0.717, 1.165) is 10.4 Å². The minimum Gasteiger partial charge on any atom is -0.350 e. The Morgan fingerprint density at radius 3 is 2.61 bits per heavy atom. The minimum atomic E-state index is -0.637. The Hall–Kier alpha value is -1.36. The topological polar surface area (TPSA) is 55.1 Å². The predicted molar refractivity (Wildman–Crippen MR) is 74.5 cm³/mol. The molecule has 0 fully saturated rings. The van der Waals surface area contributed by atoms with Crippen molar-refractivity contribution in [3.05, 3.63) is 57.2 Å². The molecule has 0 saturated carbocycles. The van der Waals surface area contributed by atoms with E-state index in [9.17, 15) is 4.79 Å². The van der Waals surface area contributed by atoms with Crippen LogP contribution in [-0.2, 0) is 11.3 Å². The number of amides is 1. The summed E-state index contributed by atoms with van der Waals surface area (Å²) in [5.74, 6) is -0.189. The maximum Gasteiger partial charge on any atom is 0.241 e. The first kappa shape index (κ1) is 13.1. The Bertz CT molecular complexity index is 527. The lowest BCUT2D eigenvalue weighted by molar-refractivity contribution is -0.122. The van der Waals surface area contributed by atoms with E-state index < -0.39 is 6.04 Å². The van der Waals surface area contributed by atoms with E-state index in [0.29, 0.717) is 10.9 Å². The average molecular weight is 281 g/mol. The summed E-state index contributed by atoms with van der Waals surface area (Å²) in [6, 6.07) is 12.4. The molecular formula is C13H13ClN2OS. The summed E-state index contributed by atoms with van der Waals surface area (Å²) in [4.78, 5) is 12.9. The number of carbonyl (C=O) groups excluding carboxylic acids is 1. The summed E-state index contributed by atoms with van der Waals surface area (Å²) < 4.78 is 0.714. The van der Waals surface area contributed by atoms with Gasteiger partial charge in [0.1, 0.15) is 6.04 Å². The van der Waals surface area contributed by atoms with E-state index in [4.69, 9.17) is 17.3 Å². The van der Waals surface area contributed by atoms with Gasteiger partial charge in [0.05, 0.1) is 10.9 Å². The first-order valence-electron chi connectivity index (χ1n) is 5.49. The van der Waals surface area contributed by atoms with Crippen LogP contribution < -0.4 is 11.1 Å². The molecule has 1 atom stereocenters. The number of hydrogen-bond donors (Lipinski definition) is 2. The second-order valence-corrected chi connectivity index (χ2v) is 5.61. The van der Waals surface area contributed by atoms with Gasteiger partial charge in [0, 0.05) is 4.88 Å². The van der Waals surface area contributed by atoms with Gasteiger partial charge in [-0.3, -0.25) is 4.79 Å². The summed E-state index contributed by atoms with van der Waals surface area (Å²) in [5.41, 5.74) is 6.68. The highest BCUT2D eigenvalue weighted by molar-refractivity contribution is 7.16. The normalized spacial score (nSPS) is 12.1. The van der Waals surface area contributed by atoms with Crippen molar-refractivity contribution >= 4 is 28.8 Å². The monoisotopic (exact) mass is 280 g/mol. The van der Waals surface area contributed by atoms with Crippen molar-refractivity contribution in [2.24, 2.45) is 5.73 Å². The van der Waals surface area contributed by atoms with Gasteiger partial charge in [-0.15, -0.1) is 11.3 Å². The number of carbonyl (C=O) groups is 1. The van der Waals surface area contributed by atoms with E-state index in [2.05, 4.69) is 5.32 Å². The molecule has 0 bridgehead atoms. The van der Waals surface area contributed by atoms with Crippen molar-refractivity contribution in [1.29, 1.82) is 0 Å². The molecule has 2 aromatic rings. The van der Waals surface area contributed by atoms with Gasteiger partial charge in [-0.05, 0) is 17.7 Å². The summed E-state index contributed by atoms with van der Waals surface area (Å²) in [6.07, 6.45) is 0. The number of halogens is 1. The third kappa shape index (κ3) is 3.32. The molecule has 0 aliphatic rings. The van der Waals surface area contributed by atoms with Gasteiger partial charge < -0.3 is 11.1 Å². The fourth-order valence-corrected chi connectivity index (χ4v) is 2.57. The van der Waals surface area contributed by atoms with Gasteiger partial charge >= 0.3 is 0 Å². The lowest BCUT2D eigenvalue weighted by Gasteiger charge is -2.11. The summed E-state index contributed by atoms with van der Waals surface area (Å²) >= 11 is 7.26. The highest BCUT2D eigenvalue weighted by atomic mass is 35.5. The number of rotatable bonds is 4. The van der Waals surface area contributed by atoms with Gasteiger partial charge in [-0.1, -0.05) is 41.9 Å². The van der Waals surface area contributed by atoms with Crippen LogP contribution in [0.3, 0.4) is 0 Å². The molecule has 0 spiro atoms. The molecule has 3 N–H and O–H groups in total. The van der Waals surface area contributed by atoms with Crippen molar-refractivity contribution in [1.82, 2.24) is 5.32 Å².